The van der Waals surface area contributed by atoms with Gasteiger partial charge in [0, 0.05) is 57.7 Å². The maximum absolute atomic E-state index is 12.4. The fourth-order valence-electron chi connectivity index (χ4n) is 2.55. The summed E-state index contributed by atoms with van der Waals surface area (Å²) >= 11 is 0. The molecule has 3 aromatic rings. The second-order valence-electron chi connectivity index (χ2n) is 6.22. The van der Waals surface area contributed by atoms with Crippen LogP contribution in [0.1, 0.15) is 21.6 Å². The number of nitrogens with two attached hydrogens (primary N) is 1. The molecule has 0 aliphatic rings. The zero-order chi connectivity index (χ0) is 23.9. The minimum atomic E-state index is -4.67. The van der Waals surface area contributed by atoms with Gasteiger partial charge in [0.2, 0.25) is 0 Å². The number of esters is 1. The number of carbonyl (C=O) groups is 1. The molecule has 1 heterocycles. The smallest absolute Gasteiger partial charge is 0.417 e. The van der Waals surface area contributed by atoms with Gasteiger partial charge in [-0.1, -0.05) is 18.2 Å². The molecule has 4 N–H and O–H groups in total. The van der Waals surface area contributed by atoms with Crippen LogP contribution in [-0.4, -0.2) is 36.3 Å². The van der Waals surface area contributed by atoms with Gasteiger partial charge in [-0.2, -0.15) is 13.2 Å². The molecule has 0 fully saturated rings. The molecule has 0 atom stereocenters. The van der Waals surface area contributed by atoms with Crippen molar-refractivity contribution in [1.82, 2.24) is 9.97 Å². The number of fused-ring (bicyclic) bond motifs is 1. The minimum Gasteiger partial charge on any atom is -0.699 e. The molecule has 0 saturated carbocycles. The van der Waals surface area contributed by atoms with Gasteiger partial charge in [0.25, 0.3) is 0 Å². The Morgan fingerprint density at radius 3 is 2.33 bits per heavy atom. The van der Waals surface area contributed by atoms with E-state index in [1.54, 1.807) is 37.7 Å². The average Bonchev–Trinajstić information content (AvgIpc) is 2.76. The van der Waals surface area contributed by atoms with Gasteiger partial charge in [0.05, 0.1) is 41.2 Å². The molecule has 1 aromatic heterocycles. The summed E-state index contributed by atoms with van der Waals surface area (Å²) in [7, 11) is 2.66. The SMILES string of the molecule is CN=C/C(=C\N)c1cnc2ccc([NH-])cc2n1.COC(=O)c1ccc([NH-])cc1C(F)(F)F.[Y]. The Balaban J connectivity index is 0.000000323. The largest absolute Gasteiger partial charge is 0.699 e. The van der Waals surface area contributed by atoms with Gasteiger partial charge in [0.15, 0.2) is 0 Å². The molecular formula is C21H19F3N6O2Y-2. The molecule has 0 aliphatic heterocycles. The number of nitrogens with zero attached hydrogens (tertiary/aromatic N) is 3. The van der Waals surface area contributed by atoms with Crippen molar-refractivity contribution in [2.45, 2.75) is 6.18 Å². The van der Waals surface area contributed by atoms with E-state index in [0.29, 0.717) is 28.5 Å². The Bertz CT molecular complexity index is 1180. The van der Waals surface area contributed by atoms with Crippen LogP contribution >= 0.6 is 0 Å². The molecule has 3 rings (SSSR count). The quantitative estimate of drug-likeness (QED) is 0.351. The van der Waals surface area contributed by atoms with Crippen molar-refractivity contribution in [2.75, 3.05) is 14.2 Å². The fourth-order valence-corrected chi connectivity index (χ4v) is 2.55. The van der Waals surface area contributed by atoms with Crippen LogP contribution in [0, 0.1) is 0 Å². The molecule has 0 aliphatic carbocycles. The molecule has 12 heteroatoms. The van der Waals surface area contributed by atoms with Crippen molar-refractivity contribution in [3.8, 4) is 0 Å². The van der Waals surface area contributed by atoms with Crippen molar-refractivity contribution in [3.63, 3.8) is 0 Å². The summed E-state index contributed by atoms with van der Waals surface area (Å²) in [6.07, 6.45) is 0.0424. The topological polar surface area (TPSA) is 138 Å². The van der Waals surface area contributed by atoms with Gasteiger partial charge < -0.3 is 21.9 Å². The molecule has 0 unspecified atom stereocenters. The van der Waals surface area contributed by atoms with E-state index in [1.807, 2.05) is 0 Å². The number of halogens is 3. The number of hydrogen-bond donors (Lipinski definition) is 1. The Hall–Kier alpha value is -3.05. The number of nitrogens with one attached hydrogen (secondary N) is 2. The zero-order valence-electron chi connectivity index (χ0n) is 17.6. The minimum absolute atomic E-state index is 0. The number of alkyl halides is 3. The normalized spacial score (nSPS) is 11.5. The van der Waals surface area contributed by atoms with E-state index in [1.165, 1.54) is 6.20 Å². The van der Waals surface area contributed by atoms with E-state index in [4.69, 9.17) is 17.2 Å². The van der Waals surface area contributed by atoms with Gasteiger partial charge in [-0.15, -0.1) is 11.4 Å². The Morgan fingerprint density at radius 2 is 1.76 bits per heavy atom. The first-order chi connectivity index (χ1) is 15.1. The van der Waals surface area contributed by atoms with Crippen molar-refractivity contribution in [2.24, 2.45) is 10.7 Å². The second-order valence-corrected chi connectivity index (χ2v) is 6.22. The maximum Gasteiger partial charge on any atom is 0.417 e. The van der Waals surface area contributed by atoms with Crippen LogP contribution in [0.2, 0.25) is 0 Å². The fraction of sp³-hybridized carbons (Fsp3) is 0.143. The van der Waals surface area contributed by atoms with E-state index in [2.05, 4.69) is 19.7 Å². The summed E-state index contributed by atoms with van der Waals surface area (Å²) in [5, 5.41) is 0. The van der Waals surface area contributed by atoms with Gasteiger partial charge in [-0.05, 0) is 18.2 Å². The van der Waals surface area contributed by atoms with Gasteiger partial charge in [0.1, 0.15) is 0 Å². The van der Waals surface area contributed by atoms with E-state index in [-0.39, 0.29) is 38.4 Å². The maximum atomic E-state index is 12.4. The molecule has 33 heavy (non-hydrogen) atoms. The third-order valence-electron chi connectivity index (χ3n) is 4.02. The van der Waals surface area contributed by atoms with Gasteiger partial charge in [-0.25, -0.2) is 9.78 Å². The zero-order valence-corrected chi connectivity index (χ0v) is 20.5. The first-order valence-corrected chi connectivity index (χ1v) is 8.94. The average molecular weight is 533 g/mol. The van der Waals surface area contributed by atoms with E-state index >= 15 is 0 Å². The summed E-state index contributed by atoms with van der Waals surface area (Å²) < 4.78 is 41.5. The number of hydrogen-bond acceptors (Lipinski definition) is 6. The van der Waals surface area contributed by atoms with Crippen LogP contribution < -0.4 is 5.73 Å². The Labute approximate surface area is 213 Å². The first kappa shape index (κ1) is 28.0. The number of aromatic nitrogens is 2. The molecule has 1 radical (unpaired) electrons. The van der Waals surface area contributed by atoms with E-state index < -0.39 is 23.3 Å². The summed E-state index contributed by atoms with van der Waals surface area (Å²) in [5.41, 5.74) is 21.3. The number of ether oxygens (including phenoxy) is 1. The molecular weight excluding hydrogens is 514 g/mol. The third-order valence-corrected chi connectivity index (χ3v) is 4.02. The van der Waals surface area contributed by atoms with Crippen molar-refractivity contribution < 1.29 is 55.4 Å². The first-order valence-electron chi connectivity index (χ1n) is 8.94. The molecule has 2 aromatic carbocycles. The van der Waals surface area contributed by atoms with E-state index in [0.717, 1.165) is 24.8 Å². The van der Waals surface area contributed by atoms with Crippen LogP contribution in [0.25, 0.3) is 28.1 Å². The number of carbonyl (C=O) groups excluding carboxylic acids is 1. The molecule has 0 amide bonds. The Kier molecular flexibility index (Phi) is 10.4. The molecule has 0 saturated heterocycles. The number of methoxy groups -OCH3 is 1. The predicted octanol–water partition coefficient (Wildman–Crippen LogP) is 5.49. The molecule has 171 valence electrons. The van der Waals surface area contributed by atoms with Gasteiger partial charge >= 0.3 is 12.1 Å². The number of rotatable bonds is 3. The summed E-state index contributed by atoms with van der Waals surface area (Å²) in [6, 6.07) is 7.74. The van der Waals surface area contributed by atoms with Crippen LogP contribution in [0.3, 0.4) is 0 Å². The van der Waals surface area contributed by atoms with Crippen LogP contribution in [-0.2, 0) is 43.6 Å². The predicted molar refractivity (Wildman–Crippen MR) is 117 cm³/mol. The van der Waals surface area contributed by atoms with Crippen molar-refractivity contribution in [3.05, 3.63) is 77.1 Å². The number of benzene rings is 2. The number of aliphatic imine (C=N–C) groups is 1. The van der Waals surface area contributed by atoms with Gasteiger partial charge in [-0.3, -0.25) is 9.98 Å². The van der Waals surface area contributed by atoms with Crippen molar-refractivity contribution in [1.29, 1.82) is 0 Å². The Morgan fingerprint density at radius 1 is 1.12 bits per heavy atom. The van der Waals surface area contributed by atoms with Crippen LogP contribution in [0.5, 0.6) is 0 Å². The second kappa shape index (κ2) is 12.3. The van der Waals surface area contributed by atoms with Crippen molar-refractivity contribution >= 4 is 40.2 Å². The molecule has 0 bridgehead atoms. The standard InChI is InChI=1S/C12H12N5.C9H8F3NO2.Y/c1-15-6-8(5-13)12-7-16-10-3-2-9(14)4-11(10)17-12;1-15-8(14)6-3-2-5(13)4-7(6)9(10,11)12;/h2-7,14H,13H2,1H3;2-4H,1H3,(H2,13,14);/q-1;;/p-1/b8-5+,15-6?;;. The molecule has 0 spiro atoms. The number of allylic oxidation sites excluding steroid dienone is 1. The van der Waals surface area contributed by atoms with Crippen LogP contribution in [0.15, 0.2) is 53.8 Å². The third kappa shape index (κ3) is 7.50. The van der Waals surface area contributed by atoms with E-state index in [9.17, 15) is 18.0 Å². The monoisotopic (exact) mass is 533 g/mol. The summed E-state index contributed by atoms with van der Waals surface area (Å²) in [5.74, 6) is -1.07. The summed E-state index contributed by atoms with van der Waals surface area (Å²) in [6.45, 7) is 0. The van der Waals surface area contributed by atoms with Crippen LogP contribution in [0.4, 0.5) is 24.5 Å². The molecule has 8 nitrogen and oxygen atoms in total. The summed E-state index contributed by atoms with van der Waals surface area (Å²) in [4.78, 5) is 23.6.